The van der Waals surface area contributed by atoms with Gasteiger partial charge >= 0.3 is 6.03 Å². The number of urea groups is 1. The molecule has 3 heterocycles. The van der Waals surface area contributed by atoms with Gasteiger partial charge in [0, 0.05) is 58.3 Å². The summed E-state index contributed by atoms with van der Waals surface area (Å²) in [6.45, 7) is 4.07. The molecule has 24 heavy (non-hydrogen) atoms. The lowest BCUT2D eigenvalue weighted by molar-refractivity contribution is 0.0524. The van der Waals surface area contributed by atoms with E-state index in [2.05, 4.69) is 20.2 Å². The number of nitrogens with one attached hydrogen (secondary N) is 1. The van der Waals surface area contributed by atoms with Crippen molar-refractivity contribution < 1.29 is 9.53 Å². The predicted molar refractivity (Wildman–Crippen MR) is 92.0 cm³/mol. The highest BCUT2D eigenvalue weighted by molar-refractivity contribution is 5.74. The second-order valence-electron chi connectivity index (χ2n) is 6.64. The van der Waals surface area contributed by atoms with Crippen LogP contribution in [0.2, 0.25) is 0 Å². The first-order valence-electron chi connectivity index (χ1n) is 8.84. The molecule has 3 rings (SSSR count). The molecule has 1 N–H and O–H groups in total. The third-order valence-electron chi connectivity index (χ3n) is 4.95. The van der Waals surface area contributed by atoms with E-state index in [1.165, 1.54) is 0 Å². The van der Waals surface area contributed by atoms with Crippen LogP contribution in [0.5, 0.6) is 0 Å². The van der Waals surface area contributed by atoms with E-state index >= 15 is 0 Å². The maximum absolute atomic E-state index is 12.4. The van der Waals surface area contributed by atoms with E-state index in [4.69, 9.17) is 4.74 Å². The molecule has 2 aliphatic rings. The summed E-state index contributed by atoms with van der Waals surface area (Å²) in [5, 5.41) is 3.10. The number of aromatic nitrogens is 2. The van der Waals surface area contributed by atoms with E-state index in [1.54, 1.807) is 12.4 Å². The minimum Gasteiger partial charge on any atom is -0.381 e. The van der Waals surface area contributed by atoms with Gasteiger partial charge in [0.2, 0.25) is 5.95 Å². The molecule has 0 saturated carbocycles. The highest BCUT2D eigenvalue weighted by atomic mass is 16.5. The number of ether oxygens (including phenoxy) is 1. The van der Waals surface area contributed by atoms with Crippen LogP contribution < -0.4 is 10.2 Å². The standard InChI is InChI=1S/C17H27N5O2/c1-21(15-5-10-24-11-6-15)17(23)20-12-14-4-2-9-22(13-14)16-18-7-3-8-19-16/h3,7-8,14-15H,2,4-6,9-13H2,1H3,(H,20,23)/t14-/m1/s1. The minimum absolute atomic E-state index is 0.0231. The fourth-order valence-corrected chi connectivity index (χ4v) is 3.46. The number of anilines is 1. The van der Waals surface area contributed by atoms with Crippen LogP contribution in [0.4, 0.5) is 10.7 Å². The molecule has 0 radical (unpaired) electrons. The van der Waals surface area contributed by atoms with E-state index < -0.39 is 0 Å². The molecule has 7 heteroatoms. The first-order chi connectivity index (χ1) is 11.7. The van der Waals surface area contributed by atoms with Crippen molar-refractivity contribution in [1.29, 1.82) is 0 Å². The smallest absolute Gasteiger partial charge is 0.317 e. The summed E-state index contributed by atoms with van der Waals surface area (Å²) in [5.74, 6) is 1.22. The summed E-state index contributed by atoms with van der Waals surface area (Å²) in [6, 6.07) is 2.14. The maximum Gasteiger partial charge on any atom is 0.317 e. The number of carbonyl (C=O) groups is 1. The molecule has 132 valence electrons. The molecule has 2 saturated heterocycles. The Labute approximate surface area is 143 Å². The Morgan fingerprint density at radius 2 is 2.08 bits per heavy atom. The van der Waals surface area contributed by atoms with Gasteiger partial charge in [0.05, 0.1) is 0 Å². The molecular formula is C17H27N5O2. The van der Waals surface area contributed by atoms with Crippen LogP contribution in [-0.4, -0.2) is 66.8 Å². The average Bonchev–Trinajstić information content (AvgIpc) is 2.67. The number of piperidine rings is 1. The fraction of sp³-hybridized carbons (Fsp3) is 0.706. The van der Waals surface area contributed by atoms with E-state index in [-0.39, 0.29) is 6.03 Å². The summed E-state index contributed by atoms with van der Waals surface area (Å²) in [7, 11) is 1.89. The molecule has 0 aromatic carbocycles. The lowest BCUT2D eigenvalue weighted by Crippen LogP contribution is -2.48. The van der Waals surface area contributed by atoms with Crippen LogP contribution in [0.3, 0.4) is 0 Å². The second kappa shape index (κ2) is 8.28. The Morgan fingerprint density at radius 3 is 2.83 bits per heavy atom. The molecule has 1 aromatic heterocycles. The topological polar surface area (TPSA) is 70.6 Å². The van der Waals surface area contributed by atoms with E-state index in [0.717, 1.165) is 57.9 Å². The van der Waals surface area contributed by atoms with Gasteiger partial charge in [0.25, 0.3) is 0 Å². The molecule has 1 aromatic rings. The van der Waals surface area contributed by atoms with Crippen LogP contribution >= 0.6 is 0 Å². The normalized spacial score (nSPS) is 22.2. The van der Waals surface area contributed by atoms with Crippen molar-refractivity contribution >= 4 is 12.0 Å². The van der Waals surface area contributed by atoms with Crippen molar-refractivity contribution in [2.75, 3.05) is 44.8 Å². The number of rotatable bonds is 4. The highest BCUT2D eigenvalue weighted by Crippen LogP contribution is 2.19. The van der Waals surface area contributed by atoms with Crippen molar-refractivity contribution in [2.24, 2.45) is 5.92 Å². The first-order valence-corrected chi connectivity index (χ1v) is 8.84. The number of nitrogens with zero attached hydrogens (tertiary/aromatic N) is 4. The van der Waals surface area contributed by atoms with Gasteiger partial charge in [0.15, 0.2) is 0 Å². The summed E-state index contributed by atoms with van der Waals surface area (Å²) >= 11 is 0. The molecule has 0 spiro atoms. The van der Waals surface area contributed by atoms with Gasteiger partial charge in [-0.15, -0.1) is 0 Å². The van der Waals surface area contributed by atoms with Crippen LogP contribution in [0, 0.1) is 5.92 Å². The number of amides is 2. The lowest BCUT2D eigenvalue weighted by Gasteiger charge is -2.34. The number of hydrogen-bond donors (Lipinski definition) is 1. The maximum atomic E-state index is 12.4. The summed E-state index contributed by atoms with van der Waals surface area (Å²) < 4.78 is 5.36. The van der Waals surface area contributed by atoms with Crippen LogP contribution in [0.1, 0.15) is 25.7 Å². The van der Waals surface area contributed by atoms with Gasteiger partial charge in [-0.25, -0.2) is 14.8 Å². The third kappa shape index (κ3) is 4.35. The van der Waals surface area contributed by atoms with E-state index in [1.807, 2.05) is 18.0 Å². The summed E-state index contributed by atoms with van der Waals surface area (Å²) in [5.41, 5.74) is 0. The van der Waals surface area contributed by atoms with Gasteiger partial charge in [-0.2, -0.15) is 0 Å². The molecule has 1 atom stereocenters. The molecular weight excluding hydrogens is 306 g/mol. The van der Waals surface area contributed by atoms with Gasteiger partial charge in [-0.3, -0.25) is 0 Å². The average molecular weight is 333 g/mol. The Kier molecular flexibility index (Phi) is 5.85. The molecule has 2 fully saturated rings. The van der Waals surface area contributed by atoms with Crippen LogP contribution in [0.15, 0.2) is 18.5 Å². The second-order valence-corrected chi connectivity index (χ2v) is 6.64. The molecule has 0 bridgehead atoms. The third-order valence-corrected chi connectivity index (χ3v) is 4.95. The van der Waals surface area contributed by atoms with E-state index in [0.29, 0.717) is 18.5 Å². The fourth-order valence-electron chi connectivity index (χ4n) is 3.46. The quantitative estimate of drug-likeness (QED) is 0.904. The van der Waals surface area contributed by atoms with Gasteiger partial charge < -0.3 is 19.9 Å². The van der Waals surface area contributed by atoms with Crippen molar-refractivity contribution in [3.63, 3.8) is 0 Å². The lowest BCUT2D eigenvalue weighted by atomic mass is 9.98. The summed E-state index contributed by atoms with van der Waals surface area (Å²) in [6.07, 6.45) is 7.63. The molecule has 2 aliphatic heterocycles. The first kappa shape index (κ1) is 17.0. The molecule has 0 unspecified atom stereocenters. The van der Waals surface area contributed by atoms with Gasteiger partial charge in [-0.05, 0) is 37.7 Å². The van der Waals surface area contributed by atoms with Gasteiger partial charge in [0.1, 0.15) is 0 Å². The zero-order valence-electron chi connectivity index (χ0n) is 14.4. The SMILES string of the molecule is CN(C(=O)NC[C@H]1CCCN(c2ncccn2)C1)C1CCOCC1. The molecule has 0 aliphatic carbocycles. The Balaban J connectivity index is 1.46. The van der Waals surface area contributed by atoms with Crippen molar-refractivity contribution in [1.82, 2.24) is 20.2 Å². The van der Waals surface area contributed by atoms with Crippen LogP contribution in [0.25, 0.3) is 0 Å². The Hall–Kier alpha value is -1.89. The zero-order chi connectivity index (χ0) is 16.8. The van der Waals surface area contributed by atoms with Gasteiger partial charge in [-0.1, -0.05) is 0 Å². The van der Waals surface area contributed by atoms with E-state index in [9.17, 15) is 4.79 Å². The van der Waals surface area contributed by atoms with Crippen molar-refractivity contribution in [3.8, 4) is 0 Å². The Bertz CT molecular complexity index is 521. The number of hydrogen-bond acceptors (Lipinski definition) is 5. The molecule has 7 nitrogen and oxygen atoms in total. The van der Waals surface area contributed by atoms with Crippen LogP contribution in [-0.2, 0) is 4.74 Å². The van der Waals surface area contributed by atoms with Crippen molar-refractivity contribution in [2.45, 2.75) is 31.7 Å². The zero-order valence-corrected chi connectivity index (χ0v) is 14.4. The molecule has 2 amide bonds. The summed E-state index contributed by atoms with van der Waals surface area (Å²) in [4.78, 5) is 25.1. The highest BCUT2D eigenvalue weighted by Gasteiger charge is 2.25. The monoisotopic (exact) mass is 333 g/mol. The van der Waals surface area contributed by atoms with Crippen molar-refractivity contribution in [3.05, 3.63) is 18.5 Å². The largest absolute Gasteiger partial charge is 0.381 e. The Morgan fingerprint density at radius 1 is 1.33 bits per heavy atom. The number of carbonyl (C=O) groups excluding carboxylic acids is 1. The predicted octanol–water partition coefficient (Wildman–Crippen LogP) is 1.51. The minimum atomic E-state index is 0.0231.